The number of nitrogens with one attached hydrogen (secondary N) is 1. The van der Waals surface area contributed by atoms with Gasteiger partial charge < -0.3 is 5.32 Å². The third-order valence-corrected chi connectivity index (χ3v) is 4.67. The molecule has 146 valence electrons. The molecule has 0 atom stereocenters. The van der Waals surface area contributed by atoms with Crippen molar-refractivity contribution in [1.82, 2.24) is 19.6 Å². The summed E-state index contributed by atoms with van der Waals surface area (Å²) in [5.74, 6) is -0.913. The second-order valence-corrected chi connectivity index (χ2v) is 7.38. The number of carbonyl (C=O) groups excluding carboxylic acids is 1. The van der Waals surface area contributed by atoms with Crippen LogP contribution >= 0.6 is 22.6 Å². The van der Waals surface area contributed by atoms with E-state index in [9.17, 15) is 18.0 Å². The molecule has 6 nitrogen and oxygen atoms in total. The fraction of sp³-hybridized carbons (Fsp3) is 0.0526. The fourth-order valence-electron chi connectivity index (χ4n) is 2.68. The molecule has 4 rings (SSSR count). The molecule has 0 aliphatic rings. The summed E-state index contributed by atoms with van der Waals surface area (Å²) in [4.78, 5) is 20.4. The van der Waals surface area contributed by atoms with Crippen LogP contribution in [0.15, 0.2) is 60.9 Å². The van der Waals surface area contributed by atoms with Gasteiger partial charge in [0.2, 0.25) is 0 Å². The normalized spacial score (nSPS) is 11.6. The van der Waals surface area contributed by atoms with Crippen LogP contribution in [-0.2, 0) is 3.93 Å². The first-order valence-electron chi connectivity index (χ1n) is 8.26. The Balaban J connectivity index is 1.70. The molecule has 0 spiro atoms. The van der Waals surface area contributed by atoms with Gasteiger partial charge in [-0.2, -0.15) is 13.9 Å². The van der Waals surface area contributed by atoms with Crippen LogP contribution in [0.25, 0.3) is 16.9 Å². The monoisotopic (exact) mass is 509 g/mol. The van der Waals surface area contributed by atoms with Gasteiger partial charge in [0, 0.05) is 33.7 Å². The van der Waals surface area contributed by atoms with E-state index in [4.69, 9.17) is 0 Å². The van der Waals surface area contributed by atoms with Crippen LogP contribution in [0, 0.1) is 5.82 Å². The molecule has 1 aromatic carbocycles. The lowest BCUT2D eigenvalue weighted by Gasteiger charge is -2.10. The summed E-state index contributed by atoms with van der Waals surface area (Å²) in [6, 6.07) is 11.4. The highest BCUT2D eigenvalue weighted by molar-refractivity contribution is 14.1. The molecule has 0 saturated heterocycles. The molecular formula is C19H11F3IN5O. The van der Waals surface area contributed by atoms with Gasteiger partial charge in [-0.3, -0.25) is 4.79 Å². The summed E-state index contributed by atoms with van der Waals surface area (Å²) >= 11 is 1.07. The molecule has 10 heteroatoms. The number of halogens is 4. The Kier molecular flexibility index (Phi) is 4.94. The lowest BCUT2D eigenvalue weighted by atomic mass is 10.1. The molecule has 0 aliphatic heterocycles. The van der Waals surface area contributed by atoms with Gasteiger partial charge in [0.1, 0.15) is 17.3 Å². The third-order valence-electron chi connectivity index (χ3n) is 4.05. The Morgan fingerprint density at radius 2 is 1.90 bits per heavy atom. The summed E-state index contributed by atoms with van der Waals surface area (Å²) in [5, 5.41) is 6.79. The topological polar surface area (TPSA) is 72.2 Å². The van der Waals surface area contributed by atoms with Crippen molar-refractivity contribution in [3.8, 4) is 11.3 Å². The van der Waals surface area contributed by atoms with Gasteiger partial charge in [-0.15, -0.1) is 0 Å². The molecule has 29 heavy (non-hydrogen) atoms. The van der Waals surface area contributed by atoms with Crippen LogP contribution in [-0.4, -0.2) is 25.5 Å². The second kappa shape index (κ2) is 7.43. The molecule has 0 aliphatic carbocycles. The zero-order valence-electron chi connectivity index (χ0n) is 14.5. The first-order valence-corrected chi connectivity index (χ1v) is 9.34. The van der Waals surface area contributed by atoms with E-state index in [1.54, 1.807) is 12.1 Å². The van der Waals surface area contributed by atoms with Gasteiger partial charge in [-0.25, -0.2) is 18.9 Å². The summed E-state index contributed by atoms with van der Waals surface area (Å²) in [5.41, 5.74) is 1.29. The molecule has 3 aromatic heterocycles. The molecule has 0 radical (unpaired) electrons. The van der Waals surface area contributed by atoms with E-state index in [1.165, 1.54) is 47.1 Å². The first-order chi connectivity index (χ1) is 13.8. The quantitative estimate of drug-likeness (QED) is 0.321. The largest absolute Gasteiger partial charge is 0.321 e. The maximum absolute atomic E-state index is 13.7. The Labute approximate surface area is 175 Å². The van der Waals surface area contributed by atoms with Gasteiger partial charge in [0.05, 0.1) is 18.1 Å². The van der Waals surface area contributed by atoms with Crippen LogP contribution < -0.4 is 5.32 Å². The van der Waals surface area contributed by atoms with Gasteiger partial charge in [-0.05, 0) is 30.3 Å². The third kappa shape index (κ3) is 4.06. The highest BCUT2D eigenvalue weighted by Gasteiger charge is 2.27. The van der Waals surface area contributed by atoms with Crippen molar-refractivity contribution >= 4 is 40.0 Å². The number of carbonyl (C=O) groups is 1. The molecule has 0 unspecified atom stereocenters. The van der Waals surface area contributed by atoms with E-state index in [0.717, 1.165) is 28.8 Å². The fourth-order valence-corrected chi connectivity index (χ4v) is 3.01. The minimum absolute atomic E-state index is 0.0539. The second-order valence-electron chi connectivity index (χ2n) is 6.03. The smallest absolute Gasteiger partial charge is 0.305 e. The van der Waals surface area contributed by atoms with Crippen LogP contribution in [0.3, 0.4) is 0 Å². The van der Waals surface area contributed by atoms with Crippen molar-refractivity contribution in [2.75, 3.05) is 5.32 Å². The van der Waals surface area contributed by atoms with Crippen molar-refractivity contribution in [3.63, 3.8) is 0 Å². The Morgan fingerprint density at radius 3 is 2.62 bits per heavy atom. The predicted octanol–water partition coefficient (Wildman–Crippen LogP) is 4.67. The number of rotatable bonds is 4. The number of fused-ring (bicyclic) bond motifs is 1. The average Bonchev–Trinajstić information content (AvgIpc) is 3.12. The molecule has 4 aromatic rings. The lowest BCUT2D eigenvalue weighted by molar-refractivity contribution is 0.102. The van der Waals surface area contributed by atoms with Crippen molar-refractivity contribution in [2.24, 2.45) is 0 Å². The number of amides is 1. The first kappa shape index (κ1) is 19.3. The van der Waals surface area contributed by atoms with E-state index in [2.05, 4.69) is 20.4 Å². The number of nitrogens with zero attached hydrogens (tertiary/aromatic N) is 4. The van der Waals surface area contributed by atoms with E-state index in [0.29, 0.717) is 16.9 Å². The summed E-state index contributed by atoms with van der Waals surface area (Å²) in [7, 11) is 0. The van der Waals surface area contributed by atoms with Crippen LogP contribution in [0.5, 0.6) is 0 Å². The maximum Gasteiger partial charge on any atom is 0.321 e. The molecule has 0 fully saturated rings. The van der Waals surface area contributed by atoms with Crippen molar-refractivity contribution in [3.05, 3.63) is 78.0 Å². The lowest BCUT2D eigenvalue weighted by Crippen LogP contribution is -2.16. The van der Waals surface area contributed by atoms with E-state index in [1.807, 2.05) is 0 Å². The van der Waals surface area contributed by atoms with Gasteiger partial charge >= 0.3 is 3.93 Å². The van der Waals surface area contributed by atoms with Crippen LogP contribution in [0.2, 0.25) is 0 Å². The standard InChI is InChI=1S/C19H11F3IN5O/c20-13-4-6-16(24-9-13)26-18(29)14-5-7-17-25-10-15(28(17)27-14)11-2-1-3-12(8-11)19(21,22)23/h1-10H,(H,24,26,29). The highest BCUT2D eigenvalue weighted by Crippen LogP contribution is 2.36. The van der Waals surface area contributed by atoms with Gasteiger partial charge in [-0.1, -0.05) is 18.2 Å². The minimum Gasteiger partial charge on any atom is -0.305 e. The Bertz CT molecular complexity index is 1200. The van der Waals surface area contributed by atoms with Crippen molar-refractivity contribution in [2.45, 2.75) is 3.93 Å². The number of aromatic nitrogens is 4. The zero-order valence-corrected chi connectivity index (χ0v) is 16.6. The summed E-state index contributed by atoms with van der Waals surface area (Å²) < 4.78 is 38.6. The van der Waals surface area contributed by atoms with Gasteiger partial charge in [0.25, 0.3) is 5.91 Å². The van der Waals surface area contributed by atoms with E-state index < -0.39 is 15.7 Å². The predicted molar refractivity (Wildman–Crippen MR) is 108 cm³/mol. The number of benzene rings is 1. The molecular weight excluding hydrogens is 498 g/mol. The number of hydrogen-bond acceptors (Lipinski definition) is 4. The van der Waals surface area contributed by atoms with Gasteiger partial charge in [0.15, 0.2) is 5.65 Å². The summed E-state index contributed by atoms with van der Waals surface area (Å²) in [6.07, 6.45) is 2.48. The SMILES string of the molecule is O=C(Nc1ccc(F)cn1)c1ccc2ncc(-c3cccc(C(F)(F)I)c3)n2n1. The molecule has 1 N–H and O–H groups in total. The van der Waals surface area contributed by atoms with Crippen molar-refractivity contribution < 1.29 is 18.0 Å². The number of alkyl halides is 3. The molecule has 0 bridgehead atoms. The number of imidazole rings is 1. The number of pyridine rings is 1. The highest BCUT2D eigenvalue weighted by atomic mass is 127. The maximum atomic E-state index is 13.7. The van der Waals surface area contributed by atoms with E-state index in [-0.39, 0.29) is 17.1 Å². The molecule has 3 heterocycles. The van der Waals surface area contributed by atoms with Crippen molar-refractivity contribution in [1.29, 1.82) is 0 Å². The average molecular weight is 509 g/mol. The summed E-state index contributed by atoms with van der Waals surface area (Å²) in [6.45, 7) is 0. The van der Waals surface area contributed by atoms with Crippen LogP contribution in [0.4, 0.5) is 19.0 Å². The Hall–Kier alpha value is -3.02. The number of hydrogen-bond donors (Lipinski definition) is 1. The zero-order chi connectivity index (χ0) is 20.6. The van der Waals surface area contributed by atoms with Crippen LogP contribution in [0.1, 0.15) is 16.1 Å². The van der Waals surface area contributed by atoms with E-state index >= 15 is 0 Å². The number of anilines is 1. The minimum atomic E-state index is -3.02. The molecule has 1 amide bonds. The Morgan fingerprint density at radius 1 is 1.07 bits per heavy atom. The molecule has 0 saturated carbocycles.